The number of carbonyl (C=O) groups is 1. The smallest absolute Gasteiger partial charge is 0.188 e. The van der Waals surface area contributed by atoms with Gasteiger partial charge < -0.3 is 4.74 Å². The summed E-state index contributed by atoms with van der Waals surface area (Å²) in [4.78, 5) is 11.3. The first-order chi connectivity index (χ1) is 6.29. The van der Waals surface area contributed by atoms with Gasteiger partial charge >= 0.3 is 0 Å². The lowest BCUT2D eigenvalue weighted by molar-refractivity contribution is -0.124. The predicted molar refractivity (Wildman–Crippen MR) is 51.4 cm³/mol. The number of hydrogen-bond donors (Lipinski definition) is 0. The molecule has 0 saturated carbocycles. The zero-order valence-electron chi connectivity index (χ0n) is 7.57. The third kappa shape index (κ3) is 2.26. The fraction of sp³-hybridized carbons (Fsp3) is 0.182. The zero-order chi connectivity index (χ0) is 9.68. The van der Waals surface area contributed by atoms with Crippen molar-refractivity contribution in [3.63, 3.8) is 0 Å². The molecule has 68 valence electrons. The Labute approximate surface area is 77.8 Å². The molecule has 0 heterocycles. The number of ketones is 1. The van der Waals surface area contributed by atoms with E-state index in [0.29, 0.717) is 0 Å². The second kappa shape index (κ2) is 4.58. The third-order valence-corrected chi connectivity index (χ3v) is 1.80. The van der Waals surface area contributed by atoms with E-state index in [0.717, 1.165) is 5.56 Å². The van der Waals surface area contributed by atoms with Crippen LogP contribution in [-0.4, -0.2) is 12.9 Å². The SMILES string of the molecule is C=CC(=O)C(OC)c1ccccc1. The molecule has 0 N–H and O–H groups in total. The Morgan fingerprint density at radius 1 is 1.46 bits per heavy atom. The zero-order valence-corrected chi connectivity index (χ0v) is 7.57. The van der Waals surface area contributed by atoms with Gasteiger partial charge in [-0.25, -0.2) is 0 Å². The number of carbonyl (C=O) groups excluding carboxylic acids is 1. The van der Waals surface area contributed by atoms with Crippen LogP contribution < -0.4 is 0 Å². The van der Waals surface area contributed by atoms with Gasteiger partial charge in [0.15, 0.2) is 5.78 Å². The van der Waals surface area contributed by atoms with Gasteiger partial charge in [0.2, 0.25) is 0 Å². The van der Waals surface area contributed by atoms with E-state index >= 15 is 0 Å². The van der Waals surface area contributed by atoms with Crippen molar-refractivity contribution in [1.82, 2.24) is 0 Å². The van der Waals surface area contributed by atoms with Crippen molar-refractivity contribution >= 4 is 5.78 Å². The summed E-state index contributed by atoms with van der Waals surface area (Å²) in [5.41, 5.74) is 0.856. The van der Waals surface area contributed by atoms with E-state index in [1.807, 2.05) is 30.3 Å². The molecule has 13 heavy (non-hydrogen) atoms. The molecule has 0 amide bonds. The summed E-state index contributed by atoms with van der Waals surface area (Å²) in [6.07, 6.45) is 0.764. The Morgan fingerprint density at radius 3 is 2.54 bits per heavy atom. The quantitative estimate of drug-likeness (QED) is 0.657. The lowest BCUT2D eigenvalue weighted by atomic mass is 10.1. The minimum absolute atomic E-state index is 0.117. The molecule has 1 aromatic rings. The van der Waals surface area contributed by atoms with Gasteiger partial charge in [0.05, 0.1) is 0 Å². The molecule has 2 heteroatoms. The standard InChI is InChI=1S/C11H12O2/c1-3-10(12)11(13-2)9-7-5-4-6-8-9/h3-8,11H,1H2,2H3. The van der Waals surface area contributed by atoms with Crippen molar-refractivity contribution in [2.75, 3.05) is 7.11 Å². The molecule has 0 aliphatic heterocycles. The molecular formula is C11H12O2. The van der Waals surface area contributed by atoms with Gasteiger partial charge in [0, 0.05) is 7.11 Å². The first-order valence-electron chi connectivity index (χ1n) is 4.03. The molecule has 1 aromatic carbocycles. The molecule has 0 fully saturated rings. The summed E-state index contributed by atoms with van der Waals surface area (Å²) < 4.78 is 5.07. The van der Waals surface area contributed by atoms with E-state index in [9.17, 15) is 4.79 Å². The maximum Gasteiger partial charge on any atom is 0.188 e. The molecule has 0 aromatic heterocycles. The van der Waals surface area contributed by atoms with E-state index in [1.54, 1.807) is 0 Å². The minimum atomic E-state index is -0.515. The van der Waals surface area contributed by atoms with Crippen LogP contribution in [0.25, 0.3) is 0 Å². The maximum absolute atomic E-state index is 11.3. The van der Waals surface area contributed by atoms with Gasteiger partial charge in [-0.2, -0.15) is 0 Å². The number of methoxy groups -OCH3 is 1. The second-order valence-electron chi connectivity index (χ2n) is 2.63. The molecule has 2 nitrogen and oxygen atoms in total. The van der Waals surface area contributed by atoms with Crippen LogP contribution in [0.1, 0.15) is 11.7 Å². The van der Waals surface area contributed by atoms with E-state index in [4.69, 9.17) is 4.74 Å². The fourth-order valence-electron chi connectivity index (χ4n) is 1.15. The summed E-state index contributed by atoms with van der Waals surface area (Å²) >= 11 is 0. The van der Waals surface area contributed by atoms with E-state index in [1.165, 1.54) is 13.2 Å². The first-order valence-corrected chi connectivity index (χ1v) is 4.03. The van der Waals surface area contributed by atoms with Crippen molar-refractivity contribution in [2.45, 2.75) is 6.10 Å². The molecule has 0 radical (unpaired) electrons. The van der Waals surface area contributed by atoms with Gasteiger partial charge in [-0.05, 0) is 11.6 Å². The van der Waals surface area contributed by atoms with Gasteiger partial charge in [-0.3, -0.25) is 4.79 Å². The molecular weight excluding hydrogens is 164 g/mol. The summed E-state index contributed by atoms with van der Waals surface area (Å²) in [6, 6.07) is 9.36. The van der Waals surface area contributed by atoms with Crippen molar-refractivity contribution in [1.29, 1.82) is 0 Å². The second-order valence-corrected chi connectivity index (χ2v) is 2.63. The van der Waals surface area contributed by atoms with E-state index in [-0.39, 0.29) is 5.78 Å². The van der Waals surface area contributed by atoms with Gasteiger partial charge in [0.1, 0.15) is 6.10 Å². The minimum Gasteiger partial charge on any atom is -0.369 e. The van der Waals surface area contributed by atoms with Crippen LogP contribution in [0.5, 0.6) is 0 Å². The van der Waals surface area contributed by atoms with Gasteiger partial charge in [-0.15, -0.1) is 0 Å². The third-order valence-electron chi connectivity index (χ3n) is 1.80. The average molecular weight is 176 g/mol. The summed E-state index contributed by atoms with van der Waals surface area (Å²) in [6.45, 7) is 3.43. The number of hydrogen-bond acceptors (Lipinski definition) is 2. The first kappa shape index (κ1) is 9.68. The Morgan fingerprint density at radius 2 is 2.08 bits per heavy atom. The lowest BCUT2D eigenvalue weighted by Crippen LogP contribution is -2.11. The Balaban J connectivity index is 2.91. The summed E-state index contributed by atoms with van der Waals surface area (Å²) in [5.74, 6) is -0.117. The topological polar surface area (TPSA) is 26.3 Å². The Bertz CT molecular complexity index is 290. The van der Waals surface area contributed by atoms with Crippen molar-refractivity contribution in [2.24, 2.45) is 0 Å². The largest absolute Gasteiger partial charge is 0.369 e. The Hall–Kier alpha value is -1.41. The molecule has 0 bridgehead atoms. The number of ether oxygens (including phenoxy) is 1. The highest BCUT2D eigenvalue weighted by Gasteiger charge is 2.15. The monoisotopic (exact) mass is 176 g/mol. The van der Waals surface area contributed by atoms with E-state index in [2.05, 4.69) is 6.58 Å². The van der Waals surface area contributed by atoms with Crippen LogP contribution in [-0.2, 0) is 9.53 Å². The molecule has 0 aliphatic carbocycles. The lowest BCUT2D eigenvalue weighted by Gasteiger charge is -2.11. The number of benzene rings is 1. The maximum atomic E-state index is 11.3. The predicted octanol–water partition coefficient (Wildman–Crippen LogP) is 2.13. The van der Waals surface area contributed by atoms with Crippen LogP contribution >= 0.6 is 0 Å². The number of rotatable bonds is 4. The molecule has 0 saturated heterocycles. The van der Waals surface area contributed by atoms with Crippen LogP contribution in [0.3, 0.4) is 0 Å². The van der Waals surface area contributed by atoms with Crippen LogP contribution in [0.2, 0.25) is 0 Å². The van der Waals surface area contributed by atoms with Crippen molar-refractivity contribution < 1.29 is 9.53 Å². The van der Waals surface area contributed by atoms with Crippen molar-refractivity contribution in [3.8, 4) is 0 Å². The summed E-state index contributed by atoms with van der Waals surface area (Å²) in [5, 5.41) is 0. The van der Waals surface area contributed by atoms with E-state index < -0.39 is 6.10 Å². The van der Waals surface area contributed by atoms with Crippen LogP contribution in [0.4, 0.5) is 0 Å². The molecule has 1 rings (SSSR count). The van der Waals surface area contributed by atoms with Gasteiger partial charge in [-0.1, -0.05) is 36.9 Å². The van der Waals surface area contributed by atoms with Crippen molar-refractivity contribution in [3.05, 3.63) is 48.6 Å². The molecule has 1 atom stereocenters. The highest BCUT2D eigenvalue weighted by atomic mass is 16.5. The molecule has 0 aliphatic rings. The Kier molecular flexibility index (Phi) is 3.41. The van der Waals surface area contributed by atoms with Gasteiger partial charge in [0.25, 0.3) is 0 Å². The average Bonchev–Trinajstić information content (AvgIpc) is 2.20. The highest BCUT2D eigenvalue weighted by Crippen LogP contribution is 2.17. The summed E-state index contributed by atoms with van der Waals surface area (Å²) in [7, 11) is 1.51. The molecule has 1 unspecified atom stereocenters. The van der Waals surface area contributed by atoms with Crippen LogP contribution in [0.15, 0.2) is 43.0 Å². The highest BCUT2D eigenvalue weighted by molar-refractivity contribution is 5.93. The molecule has 0 spiro atoms. The normalized spacial score (nSPS) is 12.1. The fourth-order valence-corrected chi connectivity index (χ4v) is 1.15. The van der Waals surface area contributed by atoms with Crippen LogP contribution in [0, 0.1) is 0 Å².